The standard InChI is InChI=1S/C15H16FNO5S2/c1-17(9-12(18)10-3-5-11(16)6-4-10)24(20,21)13-7-8-23-14(13)15(19)22-2/h3-8,12,18H,9H2,1-2H3. The lowest BCUT2D eigenvalue weighted by molar-refractivity contribution is 0.0602. The fourth-order valence-electron chi connectivity index (χ4n) is 2.04. The number of aliphatic hydroxyl groups is 1. The highest BCUT2D eigenvalue weighted by molar-refractivity contribution is 7.89. The number of ether oxygens (including phenoxy) is 1. The van der Waals surface area contributed by atoms with Crippen LogP contribution in [-0.4, -0.2) is 44.5 Å². The molecule has 0 amide bonds. The lowest BCUT2D eigenvalue weighted by Gasteiger charge is -2.20. The Kier molecular flexibility index (Phi) is 5.70. The smallest absolute Gasteiger partial charge is 0.349 e. The first-order valence-corrected chi connectivity index (χ1v) is 9.15. The lowest BCUT2D eigenvalue weighted by Crippen LogP contribution is -2.31. The molecule has 1 unspecified atom stereocenters. The molecule has 1 atom stereocenters. The minimum absolute atomic E-state index is 0.0272. The second-order valence-electron chi connectivity index (χ2n) is 4.96. The molecular formula is C15H16FNO5S2. The Balaban J connectivity index is 2.22. The fourth-order valence-corrected chi connectivity index (χ4v) is 4.52. The van der Waals surface area contributed by atoms with E-state index in [1.807, 2.05) is 0 Å². The molecule has 1 aromatic carbocycles. The average molecular weight is 373 g/mol. The van der Waals surface area contributed by atoms with Crippen molar-refractivity contribution in [3.8, 4) is 0 Å². The van der Waals surface area contributed by atoms with Crippen LogP contribution < -0.4 is 0 Å². The van der Waals surface area contributed by atoms with Crippen LogP contribution in [0.2, 0.25) is 0 Å². The Hall–Kier alpha value is -1.81. The number of benzene rings is 1. The maximum absolute atomic E-state index is 12.9. The summed E-state index contributed by atoms with van der Waals surface area (Å²) in [6.07, 6.45) is -1.13. The maximum atomic E-state index is 12.9. The summed E-state index contributed by atoms with van der Waals surface area (Å²) in [5, 5.41) is 11.6. The van der Waals surface area contributed by atoms with Crippen LogP contribution in [0.4, 0.5) is 4.39 Å². The van der Waals surface area contributed by atoms with E-state index in [2.05, 4.69) is 4.74 Å². The molecule has 0 fully saturated rings. The highest BCUT2D eigenvalue weighted by atomic mass is 32.2. The van der Waals surface area contributed by atoms with Crippen LogP contribution in [0.1, 0.15) is 21.3 Å². The number of esters is 1. The van der Waals surface area contributed by atoms with Gasteiger partial charge in [-0.05, 0) is 29.1 Å². The van der Waals surface area contributed by atoms with E-state index in [-0.39, 0.29) is 16.3 Å². The number of aliphatic hydroxyl groups excluding tert-OH is 1. The van der Waals surface area contributed by atoms with Crippen molar-refractivity contribution in [3.63, 3.8) is 0 Å². The number of likely N-dealkylation sites (N-methyl/N-ethyl adjacent to an activating group) is 1. The van der Waals surface area contributed by atoms with E-state index < -0.39 is 27.9 Å². The maximum Gasteiger partial charge on any atom is 0.349 e. The van der Waals surface area contributed by atoms with Crippen molar-refractivity contribution >= 4 is 27.3 Å². The largest absolute Gasteiger partial charge is 0.465 e. The fraction of sp³-hybridized carbons (Fsp3) is 0.267. The summed E-state index contributed by atoms with van der Waals surface area (Å²) in [4.78, 5) is 11.5. The zero-order valence-electron chi connectivity index (χ0n) is 13.0. The van der Waals surface area contributed by atoms with Gasteiger partial charge in [-0.2, -0.15) is 4.31 Å². The molecular weight excluding hydrogens is 357 g/mol. The number of rotatable bonds is 6. The van der Waals surface area contributed by atoms with Gasteiger partial charge < -0.3 is 9.84 Å². The van der Waals surface area contributed by atoms with Gasteiger partial charge in [0.1, 0.15) is 15.6 Å². The van der Waals surface area contributed by atoms with E-state index in [4.69, 9.17) is 0 Å². The van der Waals surface area contributed by atoms with Gasteiger partial charge in [0, 0.05) is 13.6 Å². The number of sulfonamides is 1. The second kappa shape index (κ2) is 7.39. The number of carbonyl (C=O) groups excluding carboxylic acids is 1. The van der Waals surface area contributed by atoms with Crippen LogP contribution in [0.3, 0.4) is 0 Å². The summed E-state index contributed by atoms with van der Waals surface area (Å²) < 4.78 is 43.6. The van der Waals surface area contributed by atoms with Gasteiger partial charge in [-0.15, -0.1) is 11.3 Å². The van der Waals surface area contributed by atoms with E-state index in [0.29, 0.717) is 5.56 Å². The monoisotopic (exact) mass is 373 g/mol. The molecule has 0 aliphatic heterocycles. The van der Waals surface area contributed by atoms with Crippen molar-refractivity contribution in [3.05, 3.63) is 52.0 Å². The minimum atomic E-state index is -3.98. The number of nitrogens with zero attached hydrogens (tertiary/aromatic N) is 1. The summed E-state index contributed by atoms with van der Waals surface area (Å²) >= 11 is 0.959. The number of hydrogen-bond donors (Lipinski definition) is 1. The van der Waals surface area contributed by atoms with Crippen LogP contribution in [0, 0.1) is 5.82 Å². The molecule has 9 heteroatoms. The molecule has 0 saturated carbocycles. The average Bonchev–Trinajstić information content (AvgIpc) is 3.05. The Morgan fingerprint density at radius 3 is 2.54 bits per heavy atom. The molecule has 2 aromatic rings. The summed E-state index contributed by atoms with van der Waals surface area (Å²) in [5.74, 6) is -1.19. The first-order chi connectivity index (χ1) is 11.3. The molecule has 6 nitrogen and oxygen atoms in total. The highest BCUT2D eigenvalue weighted by Crippen LogP contribution is 2.26. The second-order valence-corrected chi connectivity index (χ2v) is 7.89. The van der Waals surface area contributed by atoms with Crippen LogP contribution in [-0.2, 0) is 14.8 Å². The van der Waals surface area contributed by atoms with Crippen LogP contribution in [0.25, 0.3) is 0 Å². The van der Waals surface area contributed by atoms with E-state index in [0.717, 1.165) is 15.6 Å². The molecule has 1 N–H and O–H groups in total. The zero-order chi connectivity index (χ0) is 17.9. The Labute approximate surface area is 143 Å². The van der Waals surface area contributed by atoms with Gasteiger partial charge in [-0.3, -0.25) is 0 Å². The lowest BCUT2D eigenvalue weighted by atomic mass is 10.1. The summed E-state index contributed by atoms with van der Waals surface area (Å²) in [7, 11) is -1.52. The Morgan fingerprint density at radius 2 is 1.96 bits per heavy atom. The number of carbonyl (C=O) groups is 1. The number of methoxy groups -OCH3 is 1. The summed E-state index contributed by atoms with van der Waals surface area (Å²) in [6, 6.07) is 6.44. The van der Waals surface area contributed by atoms with Gasteiger partial charge in [-0.1, -0.05) is 12.1 Å². The zero-order valence-corrected chi connectivity index (χ0v) is 14.6. The van der Waals surface area contributed by atoms with Crippen LogP contribution in [0.15, 0.2) is 40.6 Å². The molecule has 0 bridgehead atoms. The van der Waals surface area contributed by atoms with E-state index in [9.17, 15) is 22.7 Å². The summed E-state index contributed by atoms with van der Waals surface area (Å²) in [5.41, 5.74) is 0.386. The van der Waals surface area contributed by atoms with Gasteiger partial charge in [0.2, 0.25) is 10.0 Å². The number of hydrogen-bond acceptors (Lipinski definition) is 6. The molecule has 0 aliphatic rings. The predicted octanol–water partition coefficient (Wildman–Crippen LogP) is 2.03. The molecule has 0 saturated heterocycles. The SMILES string of the molecule is COC(=O)c1sccc1S(=O)(=O)N(C)CC(O)c1ccc(F)cc1. The van der Waals surface area contributed by atoms with Gasteiger partial charge in [0.25, 0.3) is 0 Å². The van der Waals surface area contributed by atoms with E-state index >= 15 is 0 Å². The van der Waals surface area contributed by atoms with Crippen molar-refractivity contribution in [2.75, 3.05) is 20.7 Å². The Bertz CT molecular complexity index is 817. The third-order valence-electron chi connectivity index (χ3n) is 3.37. The third-order valence-corrected chi connectivity index (χ3v) is 6.26. The van der Waals surface area contributed by atoms with Crippen molar-refractivity contribution in [1.29, 1.82) is 0 Å². The van der Waals surface area contributed by atoms with Gasteiger partial charge in [0.15, 0.2) is 0 Å². The molecule has 24 heavy (non-hydrogen) atoms. The van der Waals surface area contributed by atoms with Crippen LogP contribution in [0.5, 0.6) is 0 Å². The predicted molar refractivity (Wildman–Crippen MR) is 86.8 cm³/mol. The molecule has 0 spiro atoms. The quantitative estimate of drug-likeness (QED) is 0.784. The minimum Gasteiger partial charge on any atom is -0.465 e. The van der Waals surface area contributed by atoms with Crippen LogP contribution >= 0.6 is 11.3 Å². The topological polar surface area (TPSA) is 83.9 Å². The molecule has 0 aliphatic carbocycles. The van der Waals surface area contributed by atoms with Crippen molar-refractivity contribution in [2.24, 2.45) is 0 Å². The molecule has 0 radical (unpaired) electrons. The van der Waals surface area contributed by atoms with Gasteiger partial charge in [-0.25, -0.2) is 17.6 Å². The first kappa shape index (κ1) is 18.5. The van der Waals surface area contributed by atoms with E-state index in [1.54, 1.807) is 0 Å². The Morgan fingerprint density at radius 1 is 1.33 bits per heavy atom. The van der Waals surface area contributed by atoms with Gasteiger partial charge >= 0.3 is 5.97 Å². The normalized spacial score (nSPS) is 13.0. The number of thiophene rings is 1. The molecule has 2 rings (SSSR count). The van der Waals surface area contributed by atoms with Crippen molar-refractivity contribution in [2.45, 2.75) is 11.0 Å². The van der Waals surface area contributed by atoms with Crippen molar-refractivity contribution < 1.29 is 27.4 Å². The first-order valence-electron chi connectivity index (χ1n) is 6.83. The third kappa shape index (κ3) is 3.81. The number of halogens is 1. The molecule has 1 heterocycles. The van der Waals surface area contributed by atoms with E-state index in [1.165, 1.54) is 49.9 Å². The molecule has 130 valence electrons. The van der Waals surface area contributed by atoms with Gasteiger partial charge in [0.05, 0.1) is 13.2 Å². The highest BCUT2D eigenvalue weighted by Gasteiger charge is 2.29. The molecule has 1 aromatic heterocycles. The summed E-state index contributed by atoms with van der Waals surface area (Å²) in [6.45, 7) is -0.246. The van der Waals surface area contributed by atoms with Crippen molar-refractivity contribution in [1.82, 2.24) is 4.31 Å².